The number of carbonyl (C=O) groups excluding carboxylic acids is 2. The van der Waals surface area contributed by atoms with Gasteiger partial charge in [0, 0.05) is 11.3 Å². The van der Waals surface area contributed by atoms with Gasteiger partial charge in [0.25, 0.3) is 5.91 Å². The van der Waals surface area contributed by atoms with Gasteiger partial charge in [-0.3, -0.25) is 9.69 Å². The Labute approximate surface area is 146 Å². The van der Waals surface area contributed by atoms with Crippen LogP contribution in [0.15, 0.2) is 48.5 Å². The van der Waals surface area contributed by atoms with Crippen molar-refractivity contribution in [2.75, 3.05) is 25.1 Å². The lowest BCUT2D eigenvalue weighted by Gasteiger charge is -2.13. The van der Waals surface area contributed by atoms with Crippen LogP contribution in [-0.2, 0) is 4.74 Å². The average Bonchev–Trinajstić information content (AvgIpc) is 3.01. The maximum absolute atomic E-state index is 12.2. The fourth-order valence-electron chi connectivity index (χ4n) is 2.64. The van der Waals surface area contributed by atoms with Gasteiger partial charge in [-0.15, -0.1) is 0 Å². The SMILES string of the molecule is COc1cccc(C(=O)NCC2CN(c3ccc(C)cc3)C(=O)O2)c1. The molecule has 130 valence electrons. The summed E-state index contributed by atoms with van der Waals surface area (Å²) in [6.07, 6.45) is -0.784. The lowest BCUT2D eigenvalue weighted by Crippen LogP contribution is -2.34. The van der Waals surface area contributed by atoms with Crippen LogP contribution in [0.5, 0.6) is 5.75 Å². The number of nitrogens with zero attached hydrogens (tertiary/aromatic N) is 1. The Morgan fingerprint density at radius 3 is 2.76 bits per heavy atom. The maximum atomic E-state index is 12.2. The quantitative estimate of drug-likeness (QED) is 0.909. The van der Waals surface area contributed by atoms with E-state index in [0.29, 0.717) is 17.9 Å². The minimum absolute atomic E-state index is 0.233. The minimum atomic E-state index is -0.399. The van der Waals surface area contributed by atoms with E-state index in [1.54, 1.807) is 36.3 Å². The Balaban J connectivity index is 1.58. The summed E-state index contributed by atoms with van der Waals surface area (Å²) in [5.41, 5.74) is 2.41. The minimum Gasteiger partial charge on any atom is -0.497 e. The highest BCUT2D eigenvalue weighted by Crippen LogP contribution is 2.22. The molecule has 1 heterocycles. The van der Waals surface area contributed by atoms with Crippen LogP contribution in [0, 0.1) is 6.92 Å². The highest BCUT2D eigenvalue weighted by Gasteiger charge is 2.32. The summed E-state index contributed by atoms with van der Waals surface area (Å²) in [6.45, 7) is 2.65. The predicted octanol–water partition coefficient (Wildman–Crippen LogP) is 2.76. The summed E-state index contributed by atoms with van der Waals surface area (Å²) in [4.78, 5) is 25.8. The molecule has 0 aliphatic carbocycles. The number of carbonyl (C=O) groups is 2. The molecule has 1 aliphatic rings. The molecular weight excluding hydrogens is 320 g/mol. The Kier molecular flexibility index (Phi) is 4.88. The van der Waals surface area contributed by atoms with E-state index in [4.69, 9.17) is 9.47 Å². The van der Waals surface area contributed by atoms with E-state index in [1.807, 2.05) is 31.2 Å². The number of rotatable bonds is 5. The Hall–Kier alpha value is -3.02. The lowest BCUT2D eigenvalue weighted by atomic mass is 10.2. The Morgan fingerprint density at radius 2 is 2.04 bits per heavy atom. The molecule has 2 amide bonds. The fraction of sp³-hybridized carbons (Fsp3) is 0.263. The summed E-state index contributed by atoms with van der Waals surface area (Å²) in [7, 11) is 1.55. The predicted molar refractivity (Wildman–Crippen MR) is 94.1 cm³/mol. The van der Waals surface area contributed by atoms with Crippen LogP contribution >= 0.6 is 0 Å². The van der Waals surface area contributed by atoms with Gasteiger partial charge in [0.1, 0.15) is 11.9 Å². The Morgan fingerprint density at radius 1 is 1.28 bits per heavy atom. The molecule has 0 saturated carbocycles. The first-order chi connectivity index (χ1) is 12.1. The molecule has 6 heteroatoms. The van der Waals surface area contributed by atoms with Gasteiger partial charge in [-0.1, -0.05) is 23.8 Å². The number of amides is 2. The van der Waals surface area contributed by atoms with Crippen molar-refractivity contribution in [1.82, 2.24) is 5.32 Å². The fourth-order valence-corrected chi connectivity index (χ4v) is 2.64. The number of hydrogen-bond acceptors (Lipinski definition) is 4. The molecular formula is C19H20N2O4. The molecule has 1 N–H and O–H groups in total. The van der Waals surface area contributed by atoms with Crippen LogP contribution in [0.4, 0.5) is 10.5 Å². The van der Waals surface area contributed by atoms with E-state index in [-0.39, 0.29) is 18.6 Å². The molecule has 0 radical (unpaired) electrons. The van der Waals surface area contributed by atoms with Crippen LogP contribution in [0.2, 0.25) is 0 Å². The van der Waals surface area contributed by atoms with E-state index >= 15 is 0 Å². The molecule has 0 aromatic heterocycles. The van der Waals surface area contributed by atoms with Crippen molar-refractivity contribution in [3.05, 3.63) is 59.7 Å². The number of benzene rings is 2. The van der Waals surface area contributed by atoms with Crippen molar-refractivity contribution in [3.8, 4) is 5.75 Å². The van der Waals surface area contributed by atoms with Gasteiger partial charge in [-0.25, -0.2) is 4.79 Å². The highest BCUT2D eigenvalue weighted by atomic mass is 16.6. The number of hydrogen-bond donors (Lipinski definition) is 1. The number of anilines is 1. The molecule has 1 aliphatic heterocycles. The largest absolute Gasteiger partial charge is 0.497 e. The number of cyclic esters (lactones) is 1. The van der Waals surface area contributed by atoms with Crippen molar-refractivity contribution < 1.29 is 19.1 Å². The summed E-state index contributed by atoms with van der Waals surface area (Å²) in [5, 5.41) is 2.80. The van der Waals surface area contributed by atoms with Crippen molar-refractivity contribution in [1.29, 1.82) is 0 Å². The summed E-state index contributed by atoms with van der Waals surface area (Å²) < 4.78 is 10.4. The van der Waals surface area contributed by atoms with Crippen molar-refractivity contribution >= 4 is 17.7 Å². The molecule has 1 saturated heterocycles. The molecule has 1 unspecified atom stereocenters. The molecule has 6 nitrogen and oxygen atoms in total. The second-order valence-electron chi connectivity index (χ2n) is 5.89. The molecule has 0 bridgehead atoms. The van der Waals surface area contributed by atoms with Gasteiger partial charge in [-0.05, 0) is 37.3 Å². The number of ether oxygens (including phenoxy) is 2. The van der Waals surface area contributed by atoms with Crippen LogP contribution in [0.25, 0.3) is 0 Å². The first-order valence-corrected chi connectivity index (χ1v) is 8.04. The number of methoxy groups -OCH3 is 1. The summed E-state index contributed by atoms with van der Waals surface area (Å²) >= 11 is 0. The van der Waals surface area contributed by atoms with Gasteiger partial charge in [0.15, 0.2) is 0 Å². The normalized spacial score (nSPS) is 16.5. The Bertz CT molecular complexity index is 773. The van der Waals surface area contributed by atoms with Crippen molar-refractivity contribution in [2.24, 2.45) is 0 Å². The monoisotopic (exact) mass is 340 g/mol. The van der Waals surface area contributed by atoms with E-state index < -0.39 is 6.09 Å². The third kappa shape index (κ3) is 3.91. The van der Waals surface area contributed by atoms with Crippen LogP contribution in [-0.4, -0.2) is 38.3 Å². The number of aryl methyl sites for hydroxylation is 1. The van der Waals surface area contributed by atoms with Gasteiger partial charge >= 0.3 is 6.09 Å². The highest BCUT2D eigenvalue weighted by molar-refractivity contribution is 5.94. The zero-order valence-electron chi connectivity index (χ0n) is 14.2. The molecule has 3 rings (SSSR count). The van der Waals surface area contributed by atoms with Gasteiger partial charge in [-0.2, -0.15) is 0 Å². The van der Waals surface area contributed by atoms with Crippen LogP contribution < -0.4 is 15.0 Å². The molecule has 1 fully saturated rings. The zero-order valence-corrected chi connectivity index (χ0v) is 14.2. The van der Waals surface area contributed by atoms with Gasteiger partial charge in [0.2, 0.25) is 0 Å². The van der Waals surface area contributed by atoms with Crippen molar-refractivity contribution in [2.45, 2.75) is 13.0 Å². The first kappa shape index (κ1) is 16.8. The van der Waals surface area contributed by atoms with E-state index in [9.17, 15) is 9.59 Å². The summed E-state index contributed by atoms with van der Waals surface area (Å²) in [5.74, 6) is 0.384. The van der Waals surface area contributed by atoms with Gasteiger partial charge in [0.05, 0.1) is 20.2 Å². The third-order valence-electron chi connectivity index (χ3n) is 4.04. The summed E-state index contributed by atoms with van der Waals surface area (Å²) in [6, 6.07) is 14.5. The standard InChI is InChI=1S/C19H20N2O4/c1-13-6-8-15(9-7-13)21-12-17(25-19(21)23)11-20-18(22)14-4-3-5-16(10-14)24-2/h3-10,17H,11-12H2,1-2H3,(H,20,22). The molecule has 1 atom stereocenters. The van der Waals surface area contributed by atoms with E-state index in [1.165, 1.54) is 0 Å². The molecule has 2 aromatic carbocycles. The lowest BCUT2D eigenvalue weighted by molar-refractivity contribution is 0.0916. The average molecular weight is 340 g/mol. The molecule has 25 heavy (non-hydrogen) atoms. The maximum Gasteiger partial charge on any atom is 0.414 e. The van der Waals surface area contributed by atoms with Crippen LogP contribution in [0.1, 0.15) is 15.9 Å². The van der Waals surface area contributed by atoms with E-state index in [2.05, 4.69) is 5.32 Å². The van der Waals surface area contributed by atoms with Gasteiger partial charge < -0.3 is 14.8 Å². The zero-order chi connectivity index (χ0) is 17.8. The first-order valence-electron chi connectivity index (χ1n) is 8.04. The molecule has 2 aromatic rings. The number of nitrogens with one attached hydrogen (secondary N) is 1. The van der Waals surface area contributed by atoms with Crippen molar-refractivity contribution in [3.63, 3.8) is 0 Å². The topological polar surface area (TPSA) is 67.9 Å². The third-order valence-corrected chi connectivity index (χ3v) is 4.04. The molecule has 0 spiro atoms. The van der Waals surface area contributed by atoms with Crippen LogP contribution in [0.3, 0.4) is 0 Å². The second-order valence-corrected chi connectivity index (χ2v) is 5.89. The second kappa shape index (κ2) is 7.25. The smallest absolute Gasteiger partial charge is 0.414 e. The van der Waals surface area contributed by atoms with E-state index in [0.717, 1.165) is 11.3 Å².